The Bertz CT molecular complexity index is 2810. The van der Waals surface area contributed by atoms with Gasteiger partial charge < -0.3 is 43.0 Å². The Morgan fingerprint density at radius 1 is 0.645 bits per heavy atom. The largest absolute Gasteiger partial charge is 0.469 e. The molecule has 2 saturated carbocycles. The number of esters is 5. The van der Waals surface area contributed by atoms with Gasteiger partial charge in [0.25, 0.3) is 10.1 Å². The van der Waals surface area contributed by atoms with Crippen LogP contribution in [0.5, 0.6) is 0 Å². The highest BCUT2D eigenvalue weighted by Gasteiger charge is 2.56. The summed E-state index contributed by atoms with van der Waals surface area (Å²) in [5.74, 6) is -5.28. The van der Waals surface area contributed by atoms with Crippen LogP contribution < -0.4 is 0 Å². The fraction of sp³-hybridized carbons (Fsp3) is 0.397. The second-order valence-corrected chi connectivity index (χ2v) is 20.7. The molecular formula is C58H62O17S. The summed E-state index contributed by atoms with van der Waals surface area (Å²) in [5.41, 5.74) is 1.82. The molecule has 9 unspecified atom stereocenters. The van der Waals surface area contributed by atoms with Crippen molar-refractivity contribution in [2.45, 2.75) is 125 Å². The van der Waals surface area contributed by atoms with Gasteiger partial charge in [-0.1, -0.05) is 135 Å². The summed E-state index contributed by atoms with van der Waals surface area (Å²) in [6.45, 7) is 1.01. The van der Waals surface area contributed by atoms with Gasteiger partial charge in [-0.25, -0.2) is 19.2 Å². The highest BCUT2D eigenvalue weighted by atomic mass is 32.2. The van der Waals surface area contributed by atoms with E-state index in [9.17, 15) is 37.5 Å². The van der Waals surface area contributed by atoms with Gasteiger partial charge in [-0.05, 0) is 86.2 Å². The topological polar surface area (TPSA) is 223 Å². The molecule has 0 amide bonds. The number of benzene rings is 5. The lowest BCUT2D eigenvalue weighted by molar-refractivity contribution is -0.329. The van der Waals surface area contributed by atoms with E-state index in [1.165, 1.54) is 48.5 Å². The molecule has 76 heavy (non-hydrogen) atoms. The average molecular weight is 1060 g/mol. The minimum Gasteiger partial charge on any atom is -0.469 e. The average Bonchev–Trinajstić information content (AvgIpc) is 3.47. The summed E-state index contributed by atoms with van der Waals surface area (Å²) in [6, 6.07) is 38.8. The number of carbonyl (C=O) groups excluding carboxylic acids is 5. The summed E-state index contributed by atoms with van der Waals surface area (Å²) in [7, 11) is -3.41. The van der Waals surface area contributed by atoms with Crippen molar-refractivity contribution in [3.05, 3.63) is 173 Å². The molecule has 3 aliphatic rings. The van der Waals surface area contributed by atoms with Crippen molar-refractivity contribution in [2.24, 2.45) is 11.8 Å². The highest BCUT2D eigenvalue weighted by Crippen LogP contribution is 2.39. The Morgan fingerprint density at radius 3 is 1.76 bits per heavy atom. The van der Waals surface area contributed by atoms with Gasteiger partial charge in [0.1, 0.15) is 37.6 Å². The van der Waals surface area contributed by atoms with Crippen molar-refractivity contribution in [1.29, 1.82) is 0 Å². The van der Waals surface area contributed by atoms with Crippen LogP contribution in [0.1, 0.15) is 93.6 Å². The molecule has 0 aromatic heterocycles. The highest BCUT2D eigenvalue weighted by molar-refractivity contribution is 7.86. The Morgan fingerprint density at radius 2 is 1.18 bits per heavy atom. The van der Waals surface area contributed by atoms with Crippen molar-refractivity contribution >= 4 is 40.0 Å². The smallest absolute Gasteiger partial charge is 0.338 e. The van der Waals surface area contributed by atoms with E-state index >= 15 is 0 Å². The van der Waals surface area contributed by atoms with Crippen molar-refractivity contribution in [3.63, 3.8) is 0 Å². The Kier molecular flexibility index (Phi) is 19.2. The third kappa shape index (κ3) is 14.6. The number of aliphatic hydroxyl groups excluding tert-OH is 1. The molecule has 0 bridgehead atoms. The van der Waals surface area contributed by atoms with E-state index in [1.807, 2.05) is 6.07 Å². The van der Waals surface area contributed by atoms with Gasteiger partial charge in [0.05, 0.1) is 40.7 Å². The number of methoxy groups -OCH3 is 1. The van der Waals surface area contributed by atoms with Crippen molar-refractivity contribution < 1.29 is 79.6 Å². The van der Waals surface area contributed by atoms with Crippen LogP contribution in [0, 0.1) is 18.8 Å². The first kappa shape index (κ1) is 55.4. The van der Waals surface area contributed by atoms with Crippen LogP contribution in [0.2, 0.25) is 0 Å². The Labute approximate surface area is 441 Å². The predicted octanol–water partition coefficient (Wildman–Crippen LogP) is 7.90. The number of carbonyl (C=O) groups is 5. The van der Waals surface area contributed by atoms with Gasteiger partial charge in [-0.3, -0.25) is 8.98 Å². The number of aliphatic hydroxyl groups is 1. The quantitative estimate of drug-likeness (QED) is 0.0444. The molecule has 1 aliphatic heterocycles. The van der Waals surface area contributed by atoms with E-state index in [4.69, 9.17) is 42.1 Å². The molecule has 402 valence electrons. The first-order valence-corrected chi connectivity index (χ1v) is 26.8. The number of aryl methyl sites for hydroxylation is 1. The molecule has 1 N–H and O–H groups in total. The van der Waals surface area contributed by atoms with E-state index in [0.29, 0.717) is 5.56 Å². The first-order chi connectivity index (χ1) is 36.8. The van der Waals surface area contributed by atoms with Crippen LogP contribution in [-0.2, 0) is 68.4 Å². The lowest BCUT2D eigenvalue weighted by Gasteiger charge is -2.47. The van der Waals surface area contributed by atoms with Gasteiger partial charge >= 0.3 is 29.8 Å². The molecule has 1 saturated heterocycles. The number of ether oxygens (including phenoxy) is 8. The molecule has 2 aliphatic carbocycles. The van der Waals surface area contributed by atoms with E-state index < -0.39 is 108 Å². The summed E-state index contributed by atoms with van der Waals surface area (Å²) >= 11 is 0. The molecule has 18 heteroatoms. The molecule has 17 nitrogen and oxygen atoms in total. The molecule has 8 rings (SSSR count). The van der Waals surface area contributed by atoms with E-state index in [0.717, 1.165) is 44.8 Å². The van der Waals surface area contributed by atoms with E-state index in [2.05, 4.69) is 0 Å². The molecule has 3 fully saturated rings. The van der Waals surface area contributed by atoms with Crippen LogP contribution in [0.4, 0.5) is 0 Å². The molecule has 5 aromatic rings. The summed E-state index contributed by atoms with van der Waals surface area (Å²) in [4.78, 5) is 70.3. The van der Waals surface area contributed by atoms with Crippen LogP contribution in [-0.4, -0.2) is 112 Å². The molecule has 0 spiro atoms. The first-order valence-electron chi connectivity index (χ1n) is 25.4. The second-order valence-electron chi connectivity index (χ2n) is 19.2. The predicted molar refractivity (Wildman–Crippen MR) is 272 cm³/mol. The lowest BCUT2D eigenvalue weighted by atomic mass is 9.83. The summed E-state index contributed by atoms with van der Waals surface area (Å²) in [6.07, 6.45) is -11.0. The van der Waals surface area contributed by atoms with Gasteiger partial charge in [-0.2, -0.15) is 8.42 Å². The molecular weight excluding hydrogens is 1000 g/mol. The molecule has 5 aromatic carbocycles. The Balaban J connectivity index is 1.23. The number of hydrogen-bond acceptors (Lipinski definition) is 17. The van der Waals surface area contributed by atoms with E-state index in [1.54, 1.807) is 97.9 Å². The normalized spacial score (nSPS) is 24.3. The van der Waals surface area contributed by atoms with Crippen LogP contribution >= 0.6 is 0 Å². The fourth-order valence-electron chi connectivity index (χ4n) is 9.70. The van der Waals surface area contributed by atoms with E-state index in [-0.39, 0.29) is 53.4 Å². The van der Waals surface area contributed by atoms with Crippen LogP contribution in [0.3, 0.4) is 0 Å². The Hall–Kier alpha value is -6.80. The van der Waals surface area contributed by atoms with Gasteiger partial charge in [-0.15, -0.1) is 0 Å². The maximum atomic E-state index is 14.6. The number of hydrogen-bond donors (Lipinski definition) is 1. The fourth-order valence-corrected chi connectivity index (χ4v) is 10.8. The van der Waals surface area contributed by atoms with Crippen molar-refractivity contribution in [2.75, 3.05) is 13.7 Å². The number of rotatable bonds is 20. The zero-order valence-corrected chi connectivity index (χ0v) is 43.0. The maximum Gasteiger partial charge on any atom is 0.338 e. The van der Waals surface area contributed by atoms with Crippen LogP contribution in [0.15, 0.2) is 150 Å². The third-order valence-electron chi connectivity index (χ3n) is 13.8. The van der Waals surface area contributed by atoms with Crippen molar-refractivity contribution in [3.8, 4) is 0 Å². The molecule has 10 atom stereocenters. The van der Waals surface area contributed by atoms with Crippen molar-refractivity contribution in [1.82, 2.24) is 0 Å². The zero-order chi connectivity index (χ0) is 53.6. The van der Waals surface area contributed by atoms with Crippen LogP contribution in [0.25, 0.3) is 0 Å². The summed E-state index contributed by atoms with van der Waals surface area (Å²) in [5, 5.41) is 12.2. The monoisotopic (exact) mass is 1060 g/mol. The van der Waals surface area contributed by atoms with Gasteiger partial charge in [0.2, 0.25) is 0 Å². The minimum absolute atomic E-state index is 0.0195. The summed E-state index contributed by atoms with van der Waals surface area (Å²) < 4.78 is 83.1. The molecule has 0 radical (unpaired) electrons. The lowest BCUT2D eigenvalue weighted by Crippen LogP contribution is -2.65. The maximum absolute atomic E-state index is 14.6. The molecule has 1 heterocycles. The minimum atomic E-state index is -4.56. The third-order valence-corrected chi connectivity index (χ3v) is 15.1. The van der Waals surface area contributed by atoms with Gasteiger partial charge in [0, 0.05) is 0 Å². The van der Waals surface area contributed by atoms with Gasteiger partial charge in [0.15, 0.2) is 24.6 Å². The standard InChI is InChI=1S/C58H62O17S/c1-37-28-30-44(31-29-37)76(65,66)75-46-34-43(53(60)67-2)33-45(49(46)59)71-58-52(74-56(63)42-26-16-7-17-27-42)51(70-47(32-38-18-8-3-9-19-38)57(64)68-35-39-20-10-4-11-21-39)50(73-55(62)41-24-14-6-15-25-41)48(72-58)36-69-54(61)40-22-12-5-13-23-40/h4-7,10-17,20-31,38,43,45-52,58-59H,3,8-9,18-19,32-36H2,1-2H3/t43?,45?,46?,47-,48?,49?,50?,51?,52?,58?/m0/s1. The SMILES string of the molecule is COC(=O)C1CC(OC2OC(COC(=O)c3ccccc3)C(OC(=O)c3ccccc3)C(O[C@@H](CC3CCCCC3)C(=O)OCc3ccccc3)C2OC(=O)c2ccccc2)C(O)C(OS(=O)(=O)c2ccc(C)cc2)C1. The second kappa shape index (κ2) is 26.3. The zero-order valence-electron chi connectivity index (χ0n) is 42.2.